The molecule has 1 aliphatic heterocycles. The molecule has 1 aliphatic rings. The predicted molar refractivity (Wildman–Crippen MR) is 101 cm³/mol. The number of hydrogen-bond acceptors (Lipinski definition) is 3. The zero-order chi connectivity index (χ0) is 18.7. The van der Waals surface area contributed by atoms with Crippen LogP contribution in [-0.2, 0) is 13.5 Å². The number of piperidine rings is 1. The second-order valence-corrected chi connectivity index (χ2v) is 7.45. The molecule has 2 heterocycles. The van der Waals surface area contributed by atoms with Crippen LogP contribution in [-0.4, -0.2) is 34.8 Å². The van der Waals surface area contributed by atoms with Crippen LogP contribution in [0.2, 0.25) is 0 Å². The van der Waals surface area contributed by atoms with Gasteiger partial charge in [0.05, 0.1) is 5.69 Å². The lowest BCUT2D eigenvalue weighted by atomic mass is 10.0. The first-order valence-corrected chi connectivity index (χ1v) is 9.26. The Hall–Kier alpha value is -2.37. The van der Waals surface area contributed by atoms with Crippen molar-refractivity contribution >= 4 is 11.6 Å². The van der Waals surface area contributed by atoms with Gasteiger partial charge in [-0.25, -0.2) is 4.39 Å². The lowest BCUT2D eigenvalue weighted by molar-refractivity contribution is 0.0921. The number of benzene rings is 1. The van der Waals surface area contributed by atoms with E-state index in [1.54, 1.807) is 16.8 Å². The van der Waals surface area contributed by atoms with Gasteiger partial charge in [0.25, 0.3) is 5.91 Å². The third-order valence-electron chi connectivity index (χ3n) is 4.80. The summed E-state index contributed by atoms with van der Waals surface area (Å²) in [5.74, 6) is 0.232. The van der Waals surface area contributed by atoms with E-state index in [4.69, 9.17) is 0 Å². The number of nitrogens with one attached hydrogen (secondary N) is 1. The Morgan fingerprint density at radius 3 is 2.54 bits per heavy atom. The maximum Gasteiger partial charge on any atom is 0.269 e. The zero-order valence-corrected chi connectivity index (χ0v) is 15.7. The number of rotatable bonds is 5. The molecule has 0 saturated carbocycles. The van der Waals surface area contributed by atoms with Crippen molar-refractivity contribution in [2.45, 2.75) is 39.2 Å². The monoisotopic (exact) mass is 358 g/mol. The molecule has 1 N–H and O–H groups in total. The Bertz CT molecular complexity index is 746. The number of carbonyl (C=O) groups is 1. The summed E-state index contributed by atoms with van der Waals surface area (Å²) in [6.45, 7) is 5.98. The molecule has 1 aromatic heterocycles. The molecule has 5 nitrogen and oxygen atoms in total. The van der Waals surface area contributed by atoms with Crippen molar-refractivity contribution in [3.8, 4) is 0 Å². The van der Waals surface area contributed by atoms with Crippen LogP contribution in [0.3, 0.4) is 0 Å². The molecule has 0 spiro atoms. The maximum absolute atomic E-state index is 13.1. The van der Waals surface area contributed by atoms with Gasteiger partial charge in [0.2, 0.25) is 0 Å². The Morgan fingerprint density at radius 1 is 1.27 bits per heavy atom. The molecule has 1 aromatic carbocycles. The summed E-state index contributed by atoms with van der Waals surface area (Å²) < 4.78 is 14.7. The van der Waals surface area contributed by atoms with Crippen LogP contribution in [0.4, 0.5) is 10.1 Å². The largest absolute Gasteiger partial charge is 0.371 e. The first kappa shape index (κ1) is 18.4. The summed E-state index contributed by atoms with van der Waals surface area (Å²) in [5, 5.41) is 7.58. The number of hydrogen-bond donors (Lipinski definition) is 1. The number of carbonyl (C=O) groups excluding carboxylic acids is 1. The fourth-order valence-corrected chi connectivity index (χ4v) is 3.45. The van der Waals surface area contributed by atoms with Gasteiger partial charge in [-0.05, 0) is 55.5 Å². The van der Waals surface area contributed by atoms with Crippen LogP contribution in [0.5, 0.6) is 0 Å². The molecule has 1 saturated heterocycles. The Labute approximate surface area is 154 Å². The Kier molecular flexibility index (Phi) is 5.59. The van der Waals surface area contributed by atoms with Crippen molar-refractivity contribution in [2.24, 2.45) is 13.0 Å². The van der Waals surface area contributed by atoms with E-state index in [9.17, 15) is 9.18 Å². The topological polar surface area (TPSA) is 50.2 Å². The van der Waals surface area contributed by atoms with Crippen LogP contribution >= 0.6 is 0 Å². The first-order chi connectivity index (χ1) is 12.4. The van der Waals surface area contributed by atoms with Crippen LogP contribution in [0, 0.1) is 11.7 Å². The minimum absolute atomic E-state index is 0.0600. The molecule has 0 radical (unpaired) electrons. The number of anilines is 1. The highest BCUT2D eigenvalue weighted by atomic mass is 19.1. The summed E-state index contributed by atoms with van der Waals surface area (Å²) in [7, 11) is 1.82. The quantitative estimate of drug-likeness (QED) is 0.893. The molecule has 1 amide bonds. The average Bonchev–Trinajstić information content (AvgIpc) is 2.96. The van der Waals surface area contributed by atoms with Gasteiger partial charge < -0.3 is 10.2 Å². The van der Waals surface area contributed by atoms with E-state index >= 15 is 0 Å². The molecule has 0 aliphatic carbocycles. The van der Waals surface area contributed by atoms with Crippen LogP contribution in [0.25, 0.3) is 0 Å². The fourth-order valence-electron chi connectivity index (χ4n) is 3.45. The number of nitrogens with zero attached hydrogens (tertiary/aromatic N) is 3. The molecule has 3 rings (SSSR count). The van der Waals surface area contributed by atoms with E-state index in [1.807, 2.05) is 13.1 Å². The molecule has 140 valence electrons. The molecule has 1 fully saturated rings. The number of aryl methyl sites for hydroxylation is 1. The smallest absolute Gasteiger partial charge is 0.269 e. The average molecular weight is 358 g/mol. The summed E-state index contributed by atoms with van der Waals surface area (Å²) >= 11 is 0. The lowest BCUT2D eigenvalue weighted by Gasteiger charge is -2.34. The van der Waals surface area contributed by atoms with Crippen molar-refractivity contribution in [1.82, 2.24) is 15.1 Å². The van der Waals surface area contributed by atoms with Crippen molar-refractivity contribution in [2.75, 3.05) is 18.0 Å². The molecule has 0 unspecified atom stereocenters. The van der Waals surface area contributed by atoms with Crippen molar-refractivity contribution in [3.63, 3.8) is 0 Å². The fraction of sp³-hybridized carbons (Fsp3) is 0.500. The van der Waals surface area contributed by atoms with Gasteiger partial charge in [-0.15, -0.1) is 0 Å². The van der Waals surface area contributed by atoms with Gasteiger partial charge in [-0.2, -0.15) is 5.10 Å². The Morgan fingerprint density at radius 2 is 1.92 bits per heavy atom. The van der Waals surface area contributed by atoms with Crippen LogP contribution in [0.1, 0.15) is 42.9 Å². The predicted octanol–water partition coefficient (Wildman–Crippen LogP) is 3.16. The van der Waals surface area contributed by atoms with Gasteiger partial charge in [-0.3, -0.25) is 9.48 Å². The first-order valence-electron chi connectivity index (χ1n) is 9.26. The minimum atomic E-state index is -0.219. The Balaban J connectivity index is 1.55. The molecule has 0 bridgehead atoms. The molecule has 26 heavy (non-hydrogen) atoms. The third-order valence-corrected chi connectivity index (χ3v) is 4.80. The molecule has 2 aromatic rings. The zero-order valence-electron chi connectivity index (χ0n) is 15.7. The third kappa shape index (κ3) is 4.42. The van der Waals surface area contributed by atoms with Gasteiger partial charge in [0, 0.05) is 31.9 Å². The van der Waals surface area contributed by atoms with Gasteiger partial charge in [0.1, 0.15) is 11.5 Å². The summed E-state index contributed by atoms with van der Waals surface area (Å²) in [6, 6.07) is 8.63. The van der Waals surface area contributed by atoms with E-state index < -0.39 is 0 Å². The second-order valence-electron chi connectivity index (χ2n) is 7.45. The van der Waals surface area contributed by atoms with Crippen molar-refractivity contribution < 1.29 is 9.18 Å². The normalized spacial score (nSPS) is 15.5. The highest BCUT2D eigenvalue weighted by Crippen LogP contribution is 2.20. The highest BCUT2D eigenvalue weighted by molar-refractivity contribution is 5.92. The van der Waals surface area contributed by atoms with Crippen molar-refractivity contribution in [3.05, 3.63) is 47.5 Å². The lowest BCUT2D eigenvalue weighted by Crippen LogP contribution is -2.45. The standard InChI is InChI=1S/C20H27FN4O/c1-14(2)12-17-13-19(24(3)23-17)20(26)22-16-8-10-25(11-9-16)18-6-4-15(21)5-7-18/h4-7,13-14,16H,8-12H2,1-3H3,(H,22,26). The maximum atomic E-state index is 13.1. The number of aromatic nitrogens is 2. The van der Waals surface area contributed by atoms with Crippen LogP contribution in [0.15, 0.2) is 30.3 Å². The van der Waals surface area contributed by atoms with E-state index in [0.29, 0.717) is 11.6 Å². The highest BCUT2D eigenvalue weighted by Gasteiger charge is 2.23. The number of halogens is 1. The minimum Gasteiger partial charge on any atom is -0.371 e. The molecular formula is C20H27FN4O. The second kappa shape index (κ2) is 7.89. The molecule has 6 heteroatoms. The van der Waals surface area contributed by atoms with E-state index in [0.717, 1.165) is 43.7 Å². The summed E-state index contributed by atoms with van der Waals surface area (Å²) in [6.07, 6.45) is 2.62. The van der Waals surface area contributed by atoms with E-state index in [1.165, 1.54) is 12.1 Å². The van der Waals surface area contributed by atoms with E-state index in [2.05, 4.69) is 29.2 Å². The SMILES string of the molecule is CC(C)Cc1cc(C(=O)NC2CCN(c3ccc(F)cc3)CC2)n(C)n1. The van der Waals surface area contributed by atoms with Gasteiger partial charge in [0.15, 0.2) is 0 Å². The molecule has 0 atom stereocenters. The summed E-state index contributed by atoms with van der Waals surface area (Å²) in [5.41, 5.74) is 2.60. The van der Waals surface area contributed by atoms with Crippen molar-refractivity contribution in [1.29, 1.82) is 0 Å². The van der Waals surface area contributed by atoms with E-state index in [-0.39, 0.29) is 17.8 Å². The van der Waals surface area contributed by atoms with Crippen LogP contribution < -0.4 is 10.2 Å². The molecular weight excluding hydrogens is 331 g/mol. The van der Waals surface area contributed by atoms with Gasteiger partial charge >= 0.3 is 0 Å². The van der Waals surface area contributed by atoms with Gasteiger partial charge in [-0.1, -0.05) is 13.8 Å². The summed E-state index contributed by atoms with van der Waals surface area (Å²) in [4.78, 5) is 14.8. The number of amides is 1.